The SMILES string of the molecule is CCCNC(c1ccn(C)n1)c1cc2ccccc2o1. The number of para-hydroxylation sites is 1. The Morgan fingerprint density at radius 2 is 2.15 bits per heavy atom. The molecule has 4 nitrogen and oxygen atoms in total. The molecule has 3 rings (SSSR count). The minimum Gasteiger partial charge on any atom is -0.459 e. The maximum absolute atomic E-state index is 5.98. The number of rotatable bonds is 5. The molecule has 4 heteroatoms. The number of aromatic nitrogens is 2. The van der Waals surface area contributed by atoms with Crippen molar-refractivity contribution in [3.8, 4) is 0 Å². The van der Waals surface area contributed by atoms with E-state index in [-0.39, 0.29) is 6.04 Å². The molecule has 1 atom stereocenters. The van der Waals surface area contributed by atoms with Gasteiger partial charge in [0.05, 0.1) is 5.69 Å². The summed E-state index contributed by atoms with van der Waals surface area (Å²) in [6.07, 6.45) is 3.03. The number of nitrogens with one attached hydrogen (secondary N) is 1. The highest BCUT2D eigenvalue weighted by Gasteiger charge is 2.20. The molecular formula is C16H19N3O. The number of furan rings is 1. The van der Waals surface area contributed by atoms with Gasteiger partial charge in [-0.1, -0.05) is 25.1 Å². The molecule has 0 radical (unpaired) electrons. The van der Waals surface area contributed by atoms with E-state index >= 15 is 0 Å². The van der Waals surface area contributed by atoms with Crippen molar-refractivity contribution in [3.63, 3.8) is 0 Å². The normalized spacial score (nSPS) is 12.9. The summed E-state index contributed by atoms with van der Waals surface area (Å²) in [6, 6.07) is 12.2. The van der Waals surface area contributed by atoms with Crippen molar-refractivity contribution in [1.29, 1.82) is 0 Å². The molecule has 0 spiro atoms. The van der Waals surface area contributed by atoms with E-state index in [2.05, 4.69) is 29.5 Å². The highest BCUT2D eigenvalue weighted by atomic mass is 16.3. The molecule has 3 aromatic rings. The molecule has 104 valence electrons. The first-order valence-corrected chi connectivity index (χ1v) is 6.99. The first-order chi connectivity index (χ1) is 9.78. The van der Waals surface area contributed by atoms with Gasteiger partial charge in [-0.05, 0) is 31.2 Å². The second-order valence-electron chi connectivity index (χ2n) is 4.99. The summed E-state index contributed by atoms with van der Waals surface area (Å²) in [5.41, 5.74) is 1.90. The summed E-state index contributed by atoms with van der Waals surface area (Å²) in [5, 5.41) is 9.14. The molecule has 2 heterocycles. The van der Waals surface area contributed by atoms with Crippen LogP contribution in [0.1, 0.15) is 30.8 Å². The fourth-order valence-corrected chi connectivity index (χ4v) is 2.37. The third-order valence-corrected chi connectivity index (χ3v) is 3.36. The Labute approximate surface area is 118 Å². The third kappa shape index (κ3) is 2.47. The van der Waals surface area contributed by atoms with E-state index in [4.69, 9.17) is 4.42 Å². The van der Waals surface area contributed by atoms with Crippen molar-refractivity contribution in [2.24, 2.45) is 7.05 Å². The highest BCUT2D eigenvalue weighted by molar-refractivity contribution is 5.77. The van der Waals surface area contributed by atoms with E-state index in [0.717, 1.165) is 35.4 Å². The highest BCUT2D eigenvalue weighted by Crippen LogP contribution is 2.27. The molecule has 0 amide bonds. The van der Waals surface area contributed by atoms with Crippen molar-refractivity contribution in [2.45, 2.75) is 19.4 Å². The molecule has 2 aromatic heterocycles. The van der Waals surface area contributed by atoms with Crippen molar-refractivity contribution in [3.05, 3.63) is 54.0 Å². The number of hydrogen-bond donors (Lipinski definition) is 1. The lowest BCUT2D eigenvalue weighted by molar-refractivity contribution is 0.461. The molecule has 0 bridgehead atoms. The molecule has 1 N–H and O–H groups in total. The standard InChI is InChI=1S/C16H19N3O/c1-3-9-17-16(13-8-10-19(2)18-13)15-11-12-6-4-5-7-14(12)20-15/h4-8,10-11,16-17H,3,9H2,1-2H3. The lowest BCUT2D eigenvalue weighted by Gasteiger charge is -2.13. The van der Waals surface area contributed by atoms with Gasteiger partial charge in [0.1, 0.15) is 17.4 Å². The van der Waals surface area contributed by atoms with Gasteiger partial charge in [-0.25, -0.2) is 0 Å². The number of fused-ring (bicyclic) bond motifs is 1. The van der Waals surface area contributed by atoms with Crippen LogP contribution in [0.3, 0.4) is 0 Å². The predicted octanol–water partition coefficient (Wildman–Crippen LogP) is 3.26. The Hall–Kier alpha value is -2.07. The zero-order valence-corrected chi connectivity index (χ0v) is 11.8. The van der Waals surface area contributed by atoms with Gasteiger partial charge in [0.15, 0.2) is 0 Å². The zero-order chi connectivity index (χ0) is 13.9. The van der Waals surface area contributed by atoms with Crippen molar-refractivity contribution >= 4 is 11.0 Å². The smallest absolute Gasteiger partial charge is 0.134 e. The Balaban J connectivity index is 1.99. The zero-order valence-electron chi connectivity index (χ0n) is 11.8. The Morgan fingerprint density at radius 1 is 1.30 bits per heavy atom. The van der Waals surface area contributed by atoms with Gasteiger partial charge in [0.25, 0.3) is 0 Å². The van der Waals surface area contributed by atoms with Crippen LogP contribution in [0.25, 0.3) is 11.0 Å². The minimum atomic E-state index is 0.00329. The molecule has 0 aliphatic heterocycles. The predicted molar refractivity (Wildman–Crippen MR) is 79.6 cm³/mol. The summed E-state index contributed by atoms with van der Waals surface area (Å²) in [7, 11) is 1.93. The van der Waals surface area contributed by atoms with E-state index < -0.39 is 0 Å². The van der Waals surface area contributed by atoms with Crippen LogP contribution in [-0.4, -0.2) is 16.3 Å². The van der Waals surface area contributed by atoms with Gasteiger partial charge < -0.3 is 9.73 Å². The summed E-state index contributed by atoms with van der Waals surface area (Å²) in [5.74, 6) is 0.915. The average molecular weight is 269 g/mol. The Bertz CT molecular complexity index is 665. The van der Waals surface area contributed by atoms with Crippen LogP contribution >= 0.6 is 0 Å². The van der Waals surface area contributed by atoms with Gasteiger partial charge in [-0.15, -0.1) is 0 Å². The largest absolute Gasteiger partial charge is 0.459 e. The Kier molecular flexibility index (Phi) is 3.56. The monoisotopic (exact) mass is 269 g/mol. The summed E-state index contributed by atoms with van der Waals surface area (Å²) in [4.78, 5) is 0. The quantitative estimate of drug-likeness (QED) is 0.773. The topological polar surface area (TPSA) is 43.0 Å². The molecule has 20 heavy (non-hydrogen) atoms. The average Bonchev–Trinajstić information content (AvgIpc) is 3.05. The second kappa shape index (κ2) is 5.51. The van der Waals surface area contributed by atoms with Gasteiger partial charge in [0, 0.05) is 18.6 Å². The maximum atomic E-state index is 5.98. The molecule has 0 fully saturated rings. The van der Waals surface area contributed by atoms with E-state index in [1.807, 2.05) is 42.2 Å². The Morgan fingerprint density at radius 3 is 2.85 bits per heavy atom. The fraction of sp³-hybridized carbons (Fsp3) is 0.312. The van der Waals surface area contributed by atoms with Crippen molar-refractivity contribution < 1.29 is 4.42 Å². The second-order valence-corrected chi connectivity index (χ2v) is 4.99. The van der Waals surface area contributed by atoms with Crippen LogP contribution in [0, 0.1) is 0 Å². The van der Waals surface area contributed by atoms with Crippen LogP contribution in [-0.2, 0) is 7.05 Å². The molecule has 0 aliphatic rings. The van der Waals surface area contributed by atoms with Crippen LogP contribution in [0.2, 0.25) is 0 Å². The lowest BCUT2D eigenvalue weighted by atomic mass is 10.1. The summed E-state index contributed by atoms with van der Waals surface area (Å²) < 4.78 is 7.80. The van der Waals surface area contributed by atoms with Crippen LogP contribution in [0.4, 0.5) is 0 Å². The maximum Gasteiger partial charge on any atom is 0.134 e. The van der Waals surface area contributed by atoms with Crippen molar-refractivity contribution in [2.75, 3.05) is 6.54 Å². The van der Waals surface area contributed by atoms with E-state index in [1.54, 1.807) is 0 Å². The van der Waals surface area contributed by atoms with Crippen LogP contribution in [0.15, 0.2) is 47.0 Å². The lowest BCUT2D eigenvalue weighted by Crippen LogP contribution is -2.23. The molecular weight excluding hydrogens is 250 g/mol. The molecule has 1 unspecified atom stereocenters. The van der Waals surface area contributed by atoms with Crippen LogP contribution < -0.4 is 5.32 Å². The van der Waals surface area contributed by atoms with E-state index in [1.165, 1.54) is 0 Å². The number of hydrogen-bond acceptors (Lipinski definition) is 3. The minimum absolute atomic E-state index is 0.00329. The fourth-order valence-electron chi connectivity index (χ4n) is 2.37. The first-order valence-electron chi connectivity index (χ1n) is 6.99. The third-order valence-electron chi connectivity index (χ3n) is 3.36. The van der Waals surface area contributed by atoms with Gasteiger partial charge >= 0.3 is 0 Å². The molecule has 0 saturated carbocycles. The number of benzene rings is 1. The van der Waals surface area contributed by atoms with E-state index in [9.17, 15) is 0 Å². The number of aryl methyl sites for hydroxylation is 1. The van der Waals surface area contributed by atoms with Gasteiger partial charge in [-0.2, -0.15) is 5.10 Å². The van der Waals surface area contributed by atoms with E-state index in [0.29, 0.717) is 0 Å². The summed E-state index contributed by atoms with van der Waals surface area (Å²) in [6.45, 7) is 3.08. The summed E-state index contributed by atoms with van der Waals surface area (Å²) >= 11 is 0. The number of nitrogens with zero attached hydrogens (tertiary/aromatic N) is 2. The molecule has 0 aliphatic carbocycles. The van der Waals surface area contributed by atoms with Gasteiger partial charge in [-0.3, -0.25) is 4.68 Å². The molecule has 0 saturated heterocycles. The van der Waals surface area contributed by atoms with Crippen molar-refractivity contribution in [1.82, 2.24) is 15.1 Å². The van der Waals surface area contributed by atoms with Gasteiger partial charge in [0.2, 0.25) is 0 Å². The first kappa shape index (κ1) is 12.9. The molecule has 1 aromatic carbocycles. The van der Waals surface area contributed by atoms with Crippen LogP contribution in [0.5, 0.6) is 0 Å².